The van der Waals surface area contributed by atoms with Crippen molar-refractivity contribution in [1.29, 1.82) is 0 Å². The molecule has 33 heavy (non-hydrogen) atoms. The smallest absolute Gasteiger partial charge is 0.315 e. The number of hydrogen-bond acceptors (Lipinski definition) is 6. The predicted molar refractivity (Wildman–Crippen MR) is 118 cm³/mol. The van der Waals surface area contributed by atoms with Gasteiger partial charge in [0.1, 0.15) is 12.6 Å². The Bertz CT molecular complexity index is 1030. The van der Waals surface area contributed by atoms with Gasteiger partial charge in [-0.3, -0.25) is 19.2 Å². The number of nitrogens with zero attached hydrogens (tertiary/aromatic N) is 1. The number of carbonyl (C=O) groups excluding carboxylic acids is 4. The van der Waals surface area contributed by atoms with Crippen molar-refractivity contribution >= 4 is 57.9 Å². The van der Waals surface area contributed by atoms with Crippen molar-refractivity contribution in [2.45, 2.75) is 12.5 Å². The monoisotopic (exact) mass is 500 g/mol. The first-order chi connectivity index (χ1) is 15.7. The van der Waals surface area contributed by atoms with Crippen molar-refractivity contribution in [3.05, 3.63) is 45.6 Å². The normalized spacial score (nSPS) is 14.7. The van der Waals surface area contributed by atoms with E-state index in [9.17, 15) is 28.0 Å². The van der Waals surface area contributed by atoms with Gasteiger partial charge in [-0.15, -0.1) is 11.3 Å². The second kappa shape index (κ2) is 11.2. The highest BCUT2D eigenvalue weighted by atomic mass is 35.5. The van der Waals surface area contributed by atoms with Gasteiger partial charge >= 0.3 is 6.43 Å². The average Bonchev–Trinajstić information content (AvgIpc) is 3.23. The summed E-state index contributed by atoms with van der Waals surface area (Å²) in [6.07, 6.45) is -3.34. The fourth-order valence-electron chi connectivity index (χ4n) is 2.91. The summed E-state index contributed by atoms with van der Waals surface area (Å²) in [6, 6.07) is 7.77. The van der Waals surface area contributed by atoms with Crippen LogP contribution in [0, 0.1) is 0 Å². The molecule has 0 radical (unpaired) electrons. The van der Waals surface area contributed by atoms with Crippen LogP contribution >= 0.6 is 22.9 Å². The Labute approximate surface area is 196 Å². The summed E-state index contributed by atoms with van der Waals surface area (Å²) in [5, 5.41) is 6.83. The molecule has 1 atom stereocenters. The summed E-state index contributed by atoms with van der Waals surface area (Å²) >= 11 is 6.79. The van der Waals surface area contributed by atoms with Crippen LogP contribution in [-0.4, -0.2) is 62.4 Å². The van der Waals surface area contributed by atoms with Crippen LogP contribution in [0.5, 0.6) is 0 Å². The van der Waals surface area contributed by atoms with Crippen LogP contribution < -0.4 is 20.9 Å². The topological polar surface area (TPSA) is 117 Å². The number of thiophene rings is 1. The van der Waals surface area contributed by atoms with Crippen LogP contribution in [0.2, 0.25) is 4.34 Å². The number of rotatable bonds is 8. The first kappa shape index (κ1) is 24.6. The van der Waals surface area contributed by atoms with E-state index in [-0.39, 0.29) is 17.4 Å². The van der Waals surface area contributed by atoms with Gasteiger partial charge in [0.25, 0.3) is 17.7 Å². The van der Waals surface area contributed by atoms with Crippen molar-refractivity contribution in [2.24, 2.45) is 0 Å². The molecule has 3 rings (SSSR count). The Balaban J connectivity index is 1.65. The summed E-state index contributed by atoms with van der Waals surface area (Å²) in [5.41, 5.74) is 0.905. The Kier molecular flexibility index (Phi) is 8.31. The molecule has 0 bridgehead atoms. The highest BCUT2D eigenvalue weighted by molar-refractivity contribution is 7.18. The molecule has 1 fully saturated rings. The first-order valence-electron chi connectivity index (χ1n) is 9.65. The molecule has 0 saturated carbocycles. The second-order valence-electron chi connectivity index (χ2n) is 6.81. The van der Waals surface area contributed by atoms with Crippen molar-refractivity contribution in [3.63, 3.8) is 0 Å². The molecule has 13 heteroatoms. The van der Waals surface area contributed by atoms with Crippen LogP contribution in [0.4, 0.5) is 20.2 Å². The van der Waals surface area contributed by atoms with E-state index in [1.54, 1.807) is 12.1 Å². The summed E-state index contributed by atoms with van der Waals surface area (Å²) < 4.78 is 30.9. The lowest BCUT2D eigenvalue weighted by Crippen LogP contribution is -2.52. The fourth-order valence-corrected chi connectivity index (χ4v) is 3.87. The van der Waals surface area contributed by atoms with Gasteiger partial charge in [-0.1, -0.05) is 11.6 Å². The van der Waals surface area contributed by atoms with Gasteiger partial charge in [-0.2, -0.15) is 8.78 Å². The summed E-state index contributed by atoms with van der Waals surface area (Å²) in [6.45, 7) is 0.340. The average molecular weight is 501 g/mol. The third-order valence-corrected chi connectivity index (χ3v) is 5.76. The SMILES string of the molecule is O=C(NC[C@H](NC(=O)C(F)F)C(=O)Nc1ccc(N2CCOCC2=O)cc1)c1ccc(Cl)s1. The number of amides is 4. The Hall–Kier alpha value is -3.09. The van der Waals surface area contributed by atoms with E-state index in [0.29, 0.717) is 28.9 Å². The van der Waals surface area contributed by atoms with E-state index < -0.39 is 36.7 Å². The van der Waals surface area contributed by atoms with Crippen LogP contribution in [0.15, 0.2) is 36.4 Å². The molecule has 176 valence electrons. The molecular formula is C20H19ClF2N4O5S. The first-order valence-corrected chi connectivity index (χ1v) is 10.8. The third-order valence-electron chi connectivity index (χ3n) is 4.53. The van der Waals surface area contributed by atoms with Crippen LogP contribution in [-0.2, 0) is 19.1 Å². The van der Waals surface area contributed by atoms with Crippen molar-refractivity contribution in [1.82, 2.24) is 10.6 Å². The fraction of sp³-hybridized carbons (Fsp3) is 0.300. The van der Waals surface area contributed by atoms with Crippen molar-refractivity contribution in [2.75, 3.05) is 36.5 Å². The van der Waals surface area contributed by atoms with Crippen LogP contribution in [0.25, 0.3) is 0 Å². The molecule has 0 spiro atoms. The molecule has 1 aromatic heterocycles. The Morgan fingerprint density at radius 2 is 1.85 bits per heavy atom. The minimum atomic E-state index is -3.34. The number of ether oxygens (including phenoxy) is 1. The van der Waals surface area contributed by atoms with E-state index in [2.05, 4.69) is 10.6 Å². The van der Waals surface area contributed by atoms with Gasteiger partial charge in [0.2, 0.25) is 5.91 Å². The molecule has 1 aromatic carbocycles. The number of alkyl halides is 2. The maximum absolute atomic E-state index is 12.7. The summed E-state index contributed by atoms with van der Waals surface area (Å²) in [4.78, 5) is 50.0. The summed E-state index contributed by atoms with van der Waals surface area (Å²) in [5.74, 6) is -3.24. The molecule has 2 aromatic rings. The van der Waals surface area contributed by atoms with Gasteiger partial charge in [0.05, 0.1) is 15.8 Å². The molecular weight excluding hydrogens is 482 g/mol. The highest BCUT2D eigenvalue weighted by Gasteiger charge is 2.26. The quantitative estimate of drug-likeness (QED) is 0.512. The molecule has 0 unspecified atom stereocenters. The minimum absolute atomic E-state index is 0.0204. The largest absolute Gasteiger partial charge is 0.370 e. The Morgan fingerprint density at radius 3 is 2.45 bits per heavy atom. The number of carbonyl (C=O) groups is 4. The third kappa shape index (κ3) is 6.70. The van der Waals surface area contributed by atoms with Crippen molar-refractivity contribution < 1.29 is 32.7 Å². The van der Waals surface area contributed by atoms with Gasteiger partial charge in [-0.25, -0.2) is 0 Å². The van der Waals surface area contributed by atoms with Gasteiger partial charge in [-0.05, 0) is 36.4 Å². The zero-order valence-electron chi connectivity index (χ0n) is 17.0. The lowest BCUT2D eigenvalue weighted by molar-refractivity contribution is -0.134. The predicted octanol–water partition coefficient (Wildman–Crippen LogP) is 1.88. The number of benzene rings is 1. The number of halogens is 3. The van der Waals surface area contributed by atoms with Gasteiger partial charge < -0.3 is 25.6 Å². The molecule has 4 amide bonds. The number of hydrogen-bond donors (Lipinski definition) is 3. The molecule has 2 heterocycles. The summed E-state index contributed by atoms with van der Waals surface area (Å²) in [7, 11) is 0. The van der Waals surface area contributed by atoms with E-state index in [1.165, 1.54) is 29.2 Å². The maximum atomic E-state index is 12.7. The van der Waals surface area contributed by atoms with E-state index in [0.717, 1.165) is 11.3 Å². The molecule has 3 N–H and O–H groups in total. The van der Waals surface area contributed by atoms with E-state index >= 15 is 0 Å². The van der Waals surface area contributed by atoms with Crippen LogP contribution in [0.1, 0.15) is 9.67 Å². The highest BCUT2D eigenvalue weighted by Crippen LogP contribution is 2.21. The number of nitrogens with one attached hydrogen (secondary N) is 3. The lowest BCUT2D eigenvalue weighted by Gasteiger charge is -2.27. The maximum Gasteiger partial charge on any atom is 0.315 e. The zero-order chi connectivity index (χ0) is 24.0. The van der Waals surface area contributed by atoms with Gasteiger partial charge in [0.15, 0.2) is 0 Å². The van der Waals surface area contributed by atoms with Crippen molar-refractivity contribution in [3.8, 4) is 0 Å². The molecule has 1 aliphatic rings. The number of anilines is 2. The molecule has 1 aliphatic heterocycles. The zero-order valence-corrected chi connectivity index (χ0v) is 18.6. The number of morpholine rings is 1. The van der Waals surface area contributed by atoms with E-state index in [1.807, 2.05) is 5.32 Å². The van der Waals surface area contributed by atoms with Crippen LogP contribution in [0.3, 0.4) is 0 Å². The molecule has 1 saturated heterocycles. The molecule has 9 nitrogen and oxygen atoms in total. The minimum Gasteiger partial charge on any atom is -0.370 e. The van der Waals surface area contributed by atoms with E-state index in [4.69, 9.17) is 16.3 Å². The van der Waals surface area contributed by atoms with Gasteiger partial charge in [0, 0.05) is 24.5 Å². The lowest BCUT2D eigenvalue weighted by atomic mass is 10.2. The second-order valence-corrected chi connectivity index (χ2v) is 8.52. The Morgan fingerprint density at radius 1 is 1.12 bits per heavy atom. The standard InChI is InChI=1S/C20H19ClF2N4O5S/c21-15-6-5-14(33-15)19(30)24-9-13(26-20(31)17(22)23)18(29)25-11-1-3-12(4-2-11)27-7-8-32-10-16(27)28/h1-6,13,17H,7-10H2,(H,24,30)(H,25,29)(H,26,31)/t13-/m0/s1. The molecule has 0 aliphatic carbocycles.